The number of hydrogen-bond donors (Lipinski definition) is 1. The molecule has 0 bridgehead atoms. The van der Waals surface area contributed by atoms with Gasteiger partial charge in [-0.1, -0.05) is 12.8 Å². The third-order valence-electron chi connectivity index (χ3n) is 4.98. The summed E-state index contributed by atoms with van der Waals surface area (Å²) in [4.78, 5) is 11.4. The first-order valence-corrected chi connectivity index (χ1v) is 8.85. The Balaban J connectivity index is 1.52. The maximum Gasteiger partial charge on any atom is 0.164 e. The van der Waals surface area contributed by atoms with Crippen molar-refractivity contribution in [3.8, 4) is 0 Å². The molecule has 2 fully saturated rings. The molecule has 1 aliphatic heterocycles. The number of likely N-dealkylation sites (tertiary alicyclic amines) is 1. The van der Waals surface area contributed by atoms with Crippen LogP contribution in [0.25, 0.3) is 11.0 Å². The van der Waals surface area contributed by atoms with E-state index in [-0.39, 0.29) is 0 Å². The van der Waals surface area contributed by atoms with Gasteiger partial charge in [-0.3, -0.25) is 4.90 Å². The van der Waals surface area contributed by atoms with E-state index < -0.39 is 0 Å². The van der Waals surface area contributed by atoms with Gasteiger partial charge in [0.2, 0.25) is 0 Å². The van der Waals surface area contributed by atoms with Gasteiger partial charge >= 0.3 is 0 Å². The van der Waals surface area contributed by atoms with Crippen LogP contribution in [0.5, 0.6) is 0 Å². The lowest BCUT2D eigenvalue weighted by Gasteiger charge is -2.23. The fourth-order valence-electron chi connectivity index (χ4n) is 3.85. The minimum Gasteiger partial charge on any atom is -0.365 e. The molecule has 1 saturated heterocycles. The Morgan fingerprint density at radius 3 is 2.86 bits per heavy atom. The molecule has 6 nitrogen and oxygen atoms in total. The number of rotatable bonds is 3. The summed E-state index contributed by atoms with van der Waals surface area (Å²) >= 11 is 3.52. The van der Waals surface area contributed by atoms with Crippen molar-refractivity contribution in [3.05, 3.63) is 10.9 Å². The Labute approximate surface area is 138 Å². The minimum atomic E-state index is 0.464. The first-order valence-electron chi connectivity index (χ1n) is 8.06. The number of aromatic nitrogens is 4. The van der Waals surface area contributed by atoms with Crippen LogP contribution in [0.15, 0.2) is 10.9 Å². The molecule has 2 aromatic heterocycles. The number of hydrogen-bond acceptors (Lipinski definition) is 5. The summed E-state index contributed by atoms with van der Waals surface area (Å²) < 4.78 is 2.59. The number of aryl methyl sites for hydroxylation is 1. The predicted molar refractivity (Wildman–Crippen MR) is 89.9 cm³/mol. The zero-order valence-electron chi connectivity index (χ0n) is 12.8. The molecule has 7 heteroatoms. The summed E-state index contributed by atoms with van der Waals surface area (Å²) in [6.07, 6.45) is 8.34. The van der Waals surface area contributed by atoms with Gasteiger partial charge in [0.1, 0.15) is 16.7 Å². The summed E-state index contributed by atoms with van der Waals surface area (Å²) in [5, 5.41) is 8.98. The predicted octanol–water partition coefficient (Wildman–Crippen LogP) is 2.55. The second kappa shape index (κ2) is 5.77. The Kier molecular flexibility index (Phi) is 3.78. The van der Waals surface area contributed by atoms with E-state index in [4.69, 9.17) is 0 Å². The van der Waals surface area contributed by atoms with E-state index in [1.807, 2.05) is 7.05 Å². The van der Waals surface area contributed by atoms with Gasteiger partial charge in [-0.15, -0.1) is 0 Å². The second-order valence-corrected chi connectivity index (χ2v) is 7.15. The van der Waals surface area contributed by atoms with Crippen LogP contribution < -0.4 is 5.32 Å². The Morgan fingerprint density at radius 2 is 2.05 bits per heavy atom. The van der Waals surface area contributed by atoms with Crippen LogP contribution in [-0.2, 0) is 7.05 Å². The maximum atomic E-state index is 4.44. The Bertz CT molecular complexity index is 678. The summed E-state index contributed by atoms with van der Waals surface area (Å²) in [7, 11) is 1.90. The number of anilines is 1. The highest BCUT2D eigenvalue weighted by Gasteiger charge is 2.30. The molecule has 1 saturated carbocycles. The van der Waals surface area contributed by atoms with Gasteiger partial charge in [0, 0.05) is 32.2 Å². The molecule has 118 valence electrons. The molecule has 22 heavy (non-hydrogen) atoms. The van der Waals surface area contributed by atoms with Crippen molar-refractivity contribution in [3.63, 3.8) is 0 Å². The van der Waals surface area contributed by atoms with Crippen LogP contribution >= 0.6 is 15.9 Å². The van der Waals surface area contributed by atoms with Crippen LogP contribution in [0.4, 0.5) is 5.82 Å². The Hall–Kier alpha value is -1.21. The smallest absolute Gasteiger partial charge is 0.164 e. The summed E-state index contributed by atoms with van der Waals surface area (Å²) in [6, 6.07) is 1.27. The molecule has 0 aromatic carbocycles. The van der Waals surface area contributed by atoms with Gasteiger partial charge in [0.05, 0.1) is 5.39 Å². The van der Waals surface area contributed by atoms with E-state index >= 15 is 0 Å². The minimum absolute atomic E-state index is 0.464. The number of nitrogens with one attached hydrogen (secondary N) is 1. The van der Waals surface area contributed by atoms with Crippen LogP contribution in [0.3, 0.4) is 0 Å². The molecule has 1 unspecified atom stereocenters. The molecule has 1 aliphatic carbocycles. The molecule has 3 heterocycles. The number of nitrogens with zero attached hydrogens (tertiary/aromatic N) is 5. The normalized spacial score (nSPS) is 23.6. The van der Waals surface area contributed by atoms with Crippen molar-refractivity contribution < 1.29 is 0 Å². The first-order chi connectivity index (χ1) is 10.7. The SMILES string of the molecule is Cn1nc(Br)c2c(NC3CCN(C4CCCC4)C3)ncnc21. The van der Waals surface area contributed by atoms with Crippen molar-refractivity contribution >= 4 is 32.8 Å². The standard InChI is InChI=1S/C15H21BrN6/c1-21-15-12(13(16)20-21)14(17-9-18-15)19-10-6-7-22(8-10)11-4-2-3-5-11/h9-11H,2-8H2,1H3,(H,17,18,19). The van der Waals surface area contributed by atoms with E-state index in [0.717, 1.165) is 34.0 Å². The Morgan fingerprint density at radius 1 is 1.23 bits per heavy atom. The lowest BCUT2D eigenvalue weighted by atomic mass is 10.2. The van der Waals surface area contributed by atoms with Crippen molar-refractivity contribution in [2.75, 3.05) is 18.4 Å². The number of fused-ring (bicyclic) bond motifs is 1. The average molecular weight is 365 g/mol. The lowest BCUT2D eigenvalue weighted by molar-refractivity contribution is 0.245. The molecule has 1 atom stereocenters. The third-order valence-corrected chi connectivity index (χ3v) is 5.53. The summed E-state index contributed by atoms with van der Waals surface area (Å²) in [5.74, 6) is 0.892. The van der Waals surface area contributed by atoms with Crippen molar-refractivity contribution in [1.29, 1.82) is 0 Å². The van der Waals surface area contributed by atoms with Crippen molar-refractivity contribution in [2.24, 2.45) is 7.05 Å². The van der Waals surface area contributed by atoms with Gasteiger partial charge in [-0.05, 0) is 35.2 Å². The van der Waals surface area contributed by atoms with E-state index in [1.165, 1.54) is 38.6 Å². The molecule has 1 N–H and O–H groups in total. The highest BCUT2D eigenvalue weighted by Crippen LogP contribution is 2.30. The molecule has 2 aromatic rings. The fraction of sp³-hybridized carbons (Fsp3) is 0.667. The largest absolute Gasteiger partial charge is 0.365 e. The molecule has 0 radical (unpaired) electrons. The summed E-state index contributed by atoms with van der Waals surface area (Å²) in [6.45, 7) is 2.32. The first kappa shape index (κ1) is 14.4. The maximum absolute atomic E-state index is 4.44. The van der Waals surface area contributed by atoms with E-state index in [0.29, 0.717) is 6.04 Å². The van der Waals surface area contributed by atoms with Gasteiger partial charge in [0.25, 0.3) is 0 Å². The number of halogens is 1. The lowest BCUT2D eigenvalue weighted by Crippen LogP contribution is -2.33. The van der Waals surface area contributed by atoms with Gasteiger partial charge in [-0.25, -0.2) is 14.6 Å². The molecule has 0 amide bonds. The quantitative estimate of drug-likeness (QED) is 0.906. The topological polar surface area (TPSA) is 58.9 Å². The summed E-state index contributed by atoms with van der Waals surface area (Å²) in [5.41, 5.74) is 0.857. The van der Waals surface area contributed by atoms with Crippen LogP contribution in [0.1, 0.15) is 32.1 Å². The molecular formula is C15H21BrN6. The van der Waals surface area contributed by atoms with E-state index in [2.05, 4.69) is 41.2 Å². The fourth-order valence-corrected chi connectivity index (χ4v) is 4.45. The average Bonchev–Trinajstić information content (AvgIpc) is 3.21. The van der Waals surface area contributed by atoms with Crippen LogP contribution in [0.2, 0.25) is 0 Å². The van der Waals surface area contributed by atoms with Gasteiger partial charge in [-0.2, -0.15) is 5.10 Å². The van der Waals surface area contributed by atoms with E-state index in [1.54, 1.807) is 11.0 Å². The highest BCUT2D eigenvalue weighted by atomic mass is 79.9. The second-order valence-electron chi connectivity index (χ2n) is 6.40. The van der Waals surface area contributed by atoms with Crippen LogP contribution in [-0.4, -0.2) is 49.8 Å². The van der Waals surface area contributed by atoms with Crippen molar-refractivity contribution in [2.45, 2.75) is 44.2 Å². The molecular weight excluding hydrogens is 344 g/mol. The zero-order valence-corrected chi connectivity index (χ0v) is 14.4. The highest BCUT2D eigenvalue weighted by molar-refractivity contribution is 9.10. The van der Waals surface area contributed by atoms with Gasteiger partial charge in [0.15, 0.2) is 5.65 Å². The molecule has 0 spiro atoms. The monoisotopic (exact) mass is 364 g/mol. The van der Waals surface area contributed by atoms with E-state index in [9.17, 15) is 0 Å². The third kappa shape index (κ3) is 2.50. The van der Waals surface area contributed by atoms with Crippen molar-refractivity contribution in [1.82, 2.24) is 24.6 Å². The van der Waals surface area contributed by atoms with Crippen LogP contribution in [0, 0.1) is 0 Å². The molecule has 4 rings (SSSR count). The molecule has 2 aliphatic rings. The zero-order chi connectivity index (χ0) is 15.1. The van der Waals surface area contributed by atoms with Gasteiger partial charge < -0.3 is 5.32 Å².